The molecule has 0 radical (unpaired) electrons. The van der Waals surface area contributed by atoms with Crippen molar-refractivity contribution >= 4 is 5.69 Å². The summed E-state index contributed by atoms with van der Waals surface area (Å²) >= 11 is 0. The normalized spacial score (nSPS) is 21.6. The molecule has 0 saturated heterocycles. The van der Waals surface area contributed by atoms with Crippen LogP contribution < -0.4 is 16.4 Å². The molecule has 3 heteroatoms. The average molecular weight is 237 g/mol. The van der Waals surface area contributed by atoms with E-state index < -0.39 is 0 Å². The van der Waals surface area contributed by atoms with Crippen molar-refractivity contribution in [1.82, 2.24) is 0 Å². The van der Waals surface area contributed by atoms with Crippen LogP contribution in [0.15, 0.2) is 58.5 Å². The zero-order valence-corrected chi connectivity index (χ0v) is 10.2. The maximum absolute atomic E-state index is 5.80. The molecule has 0 fully saturated rings. The lowest BCUT2D eigenvalue weighted by molar-refractivity contribution is 0.549. The molecule has 2 unspecified atom stereocenters. The van der Waals surface area contributed by atoms with Gasteiger partial charge in [0.25, 0.3) is 0 Å². The molecule has 1 aliphatic rings. The first-order valence-corrected chi connectivity index (χ1v) is 6.10. The van der Waals surface area contributed by atoms with Crippen LogP contribution in [0.5, 0.6) is 0 Å². The second kappa shape index (κ2) is 4.26. The highest BCUT2D eigenvalue weighted by Crippen LogP contribution is 2.23. The van der Waals surface area contributed by atoms with Crippen molar-refractivity contribution in [2.45, 2.75) is 19.0 Å². The van der Waals surface area contributed by atoms with E-state index in [2.05, 4.69) is 19.1 Å². The Balaban J connectivity index is 2.15. The van der Waals surface area contributed by atoms with E-state index in [0.717, 1.165) is 16.4 Å². The summed E-state index contributed by atoms with van der Waals surface area (Å²) in [5.74, 6) is 0. The van der Waals surface area contributed by atoms with Gasteiger partial charge in [-0.3, -0.25) is 9.98 Å². The number of fused-ring (bicyclic) bond motifs is 1. The molecule has 0 bridgehead atoms. The fourth-order valence-electron chi connectivity index (χ4n) is 2.30. The number of benzene rings is 2. The summed E-state index contributed by atoms with van der Waals surface area (Å²) in [5.41, 5.74) is 7.73. The van der Waals surface area contributed by atoms with Crippen LogP contribution >= 0.6 is 0 Å². The molecule has 2 aromatic carbocycles. The summed E-state index contributed by atoms with van der Waals surface area (Å²) in [4.78, 5) is 9.48. The molecule has 1 heterocycles. The van der Waals surface area contributed by atoms with Crippen molar-refractivity contribution < 1.29 is 0 Å². The first kappa shape index (κ1) is 11.0. The summed E-state index contributed by atoms with van der Waals surface area (Å²) in [6.45, 7) is 2.10. The number of hydrogen-bond donors (Lipinski definition) is 1. The van der Waals surface area contributed by atoms with Crippen LogP contribution in [-0.4, -0.2) is 6.04 Å². The van der Waals surface area contributed by atoms with E-state index in [1.807, 2.05) is 36.4 Å². The van der Waals surface area contributed by atoms with Gasteiger partial charge in [-0.1, -0.05) is 30.3 Å². The van der Waals surface area contributed by atoms with Crippen molar-refractivity contribution in [2.75, 3.05) is 5.73 Å². The molecule has 0 aromatic heterocycles. The second-order valence-corrected chi connectivity index (χ2v) is 4.60. The van der Waals surface area contributed by atoms with Crippen LogP contribution in [0.1, 0.15) is 18.5 Å². The summed E-state index contributed by atoms with van der Waals surface area (Å²) < 4.78 is 0. The highest BCUT2D eigenvalue weighted by Gasteiger charge is 2.19. The summed E-state index contributed by atoms with van der Waals surface area (Å²) in [6.07, 6.45) is 0. The quantitative estimate of drug-likeness (QED) is 0.753. The molecule has 0 aliphatic carbocycles. The number of anilines is 1. The van der Waals surface area contributed by atoms with E-state index in [9.17, 15) is 0 Å². The molecule has 0 saturated carbocycles. The van der Waals surface area contributed by atoms with E-state index >= 15 is 0 Å². The molecule has 1 aliphatic heterocycles. The van der Waals surface area contributed by atoms with E-state index in [0.29, 0.717) is 0 Å². The standard InChI is InChI=1S/C15H15N3/c1-10-15(11-5-3-2-4-6-11)18-14-9-12(16)7-8-13(14)17-10/h2-10,15H,16H2,1H3. The van der Waals surface area contributed by atoms with Crippen LogP contribution in [-0.2, 0) is 0 Å². The van der Waals surface area contributed by atoms with Gasteiger partial charge in [0, 0.05) is 5.69 Å². The van der Waals surface area contributed by atoms with Crippen molar-refractivity contribution in [3.05, 3.63) is 64.8 Å². The van der Waals surface area contributed by atoms with Crippen molar-refractivity contribution in [3.63, 3.8) is 0 Å². The van der Waals surface area contributed by atoms with Crippen molar-refractivity contribution in [1.29, 1.82) is 0 Å². The Morgan fingerprint density at radius 1 is 0.944 bits per heavy atom. The first-order chi connectivity index (χ1) is 8.74. The van der Waals surface area contributed by atoms with Crippen LogP contribution in [0.4, 0.5) is 5.69 Å². The highest BCUT2D eigenvalue weighted by molar-refractivity contribution is 5.36. The molecule has 3 nitrogen and oxygen atoms in total. The number of hydrogen-bond acceptors (Lipinski definition) is 3. The minimum absolute atomic E-state index is 0.0838. The summed E-state index contributed by atoms with van der Waals surface area (Å²) in [6, 6.07) is 16.2. The SMILES string of the molecule is CC1N=c2ccc(N)cc2=NC1c1ccccc1. The third-order valence-electron chi connectivity index (χ3n) is 3.22. The third-order valence-corrected chi connectivity index (χ3v) is 3.22. The maximum atomic E-state index is 5.80. The van der Waals surface area contributed by atoms with E-state index in [1.165, 1.54) is 5.56 Å². The fourth-order valence-corrected chi connectivity index (χ4v) is 2.30. The summed E-state index contributed by atoms with van der Waals surface area (Å²) in [5, 5.41) is 1.82. The lowest BCUT2D eigenvalue weighted by atomic mass is 10.0. The predicted molar refractivity (Wildman–Crippen MR) is 71.8 cm³/mol. The van der Waals surface area contributed by atoms with Gasteiger partial charge in [0.2, 0.25) is 0 Å². The largest absolute Gasteiger partial charge is 0.399 e. The van der Waals surface area contributed by atoms with Gasteiger partial charge in [0.05, 0.1) is 22.8 Å². The molecule has 2 N–H and O–H groups in total. The Bertz CT molecular complexity index is 677. The van der Waals surface area contributed by atoms with Gasteiger partial charge in [-0.2, -0.15) is 0 Å². The van der Waals surface area contributed by atoms with E-state index in [1.54, 1.807) is 0 Å². The first-order valence-electron chi connectivity index (χ1n) is 6.10. The maximum Gasteiger partial charge on any atom is 0.0977 e. The third kappa shape index (κ3) is 1.88. The van der Waals surface area contributed by atoms with Gasteiger partial charge in [-0.15, -0.1) is 0 Å². The molecular formula is C15H15N3. The average Bonchev–Trinajstić information content (AvgIpc) is 2.39. The lowest BCUT2D eigenvalue weighted by Crippen LogP contribution is -2.34. The molecule has 18 heavy (non-hydrogen) atoms. The van der Waals surface area contributed by atoms with Gasteiger partial charge in [0.15, 0.2) is 0 Å². The molecule has 0 amide bonds. The summed E-state index contributed by atoms with van der Waals surface area (Å²) in [7, 11) is 0. The van der Waals surface area contributed by atoms with Crippen molar-refractivity contribution in [3.8, 4) is 0 Å². The monoisotopic (exact) mass is 237 g/mol. The number of nitrogens with zero attached hydrogens (tertiary/aromatic N) is 2. The predicted octanol–water partition coefficient (Wildman–Crippen LogP) is 1.65. The molecule has 2 atom stereocenters. The number of nitrogens with two attached hydrogens (primary N) is 1. The number of rotatable bonds is 1. The minimum atomic E-state index is 0.0838. The van der Waals surface area contributed by atoms with E-state index in [4.69, 9.17) is 15.7 Å². The number of nitrogen functional groups attached to an aromatic ring is 1. The Hall–Kier alpha value is -2.16. The fraction of sp³-hybridized carbons (Fsp3) is 0.200. The van der Waals surface area contributed by atoms with E-state index in [-0.39, 0.29) is 12.1 Å². The van der Waals surface area contributed by atoms with Crippen LogP contribution in [0, 0.1) is 0 Å². The van der Waals surface area contributed by atoms with Gasteiger partial charge in [-0.25, -0.2) is 0 Å². The minimum Gasteiger partial charge on any atom is -0.399 e. The molecular weight excluding hydrogens is 222 g/mol. The lowest BCUT2D eigenvalue weighted by Gasteiger charge is -2.20. The molecule has 3 rings (SSSR count). The van der Waals surface area contributed by atoms with Crippen molar-refractivity contribution in [2.24, 2.45) is 9.98 Å². The molecule has 90 valence electrons. The molecule has 0 spiro atoms. The van der Waals surface area contributed by atoms with Gasteiger partial charge in [0.1, 0.15) is 0 Å². The van der Waals surface area contributed by atoms with Crippen LogP contribution in [0.25, 0.3) is 0 Å². The Kier molecular flexibility index (Phi) is 2.59. The Morgan fingerprint density at radius 3 is 2.50 bits per heavy atom. The van der Waals surface area contributed by atoms with Crippen LogP contribution in [0.3, 0.4) is 0 Å². The smallest absolute Gasteiger partial charge is 0.0977 e. The van der Waals surface area contributed by atoms with Crippen LogP contribution in [0.2, 0.25) is 0 Å². The van der Waals surface area contributed by atoms with Gasteiger partial charge in [-0.05, 0) is 30.7 Å². The Labute approximate surface area is 106 Å². The molecule has 2 aromatic rings. The van der Waals surface area contributed by atoms with Gasteiger partial charge < -0.3 is 5.73 Å². The van der Waals surface area contributed by atoms with Gasteiger partial charge >= 0.3 is 0 Å². The second-order valence-electron chi connectivity index (χ2n) is 4.60. The zero-order chi connectivity index (χ0) is 12.5. The topological polar surface area (TPSA) is 50.7 Å². The zero-order valence-electron chi connectivity index (χ0n) is 10.2. The highest BCUT2D eigenvalue weighted by atomic mass is 14.9. The Morgan fingerprint density at radius 2 is 1.72 bits per heavy atom.